The summed E-state index contributed by atoms with van der Waals surface area (Å²) in [4.78, 5) is 12.2. The van der Waals surface area contributed by atoms with Gasteiger partial charge in [0.1, 0.15) is 5.82 Å². The summed E-state index contributed by atoms with van der Waals surface area (Å²) < 4.78 is 0. The van der Waals surface area contributed by atoms with Gasteiger partial charge in [0.15, 0.2) is 0 Å². The minimum atomic E-state index is 0.899. The molecule has 0 amide bonds. The quantitative estimate of drug-likeness (QED) is 0.751. The number of pyridine rings is 1. The molecule has 94 valence electrons. The van der Waals surface area contributed by atoms with E-state index >= 15 is 0 Å². The van der Waals surface area contributed by atoms with E-state index in [2.05, 4.69) is 46.1 Å². The van der Waals surface area contributed by atoms with E-state index in [4.69, 9.17) is 0 Å². The van der Waals surface area contributed by atoms with Crippen LogP contribution in [0.25, 0.3) is 22.6 Å². The van der Waals surface area contributed by atoms with Crippen LogP contribution >= 0.6 is 0 Å². The molecule has 0 fully saturated rings. The largest absolute Gasteiger partial charge is 0.342 e. The second-order valence-corrected chi connectivity index (χ2v) is 4.67. The highest BCUT2D eigenvalue weighted by Gasteiger charge is 2.10. The van der Waals surface area contributed by atoms with Gasteiger partial charge >= 0.3 is 0 Å². The Kier molecular flexibility index (Phi) is 2.88. The average Bonchev–Trinajstić information content (AvgIpc) is 2.83. The number of hydrogen-bond donors (Lipinski definition) is 1. The van der Waals surface area contributed by atoms with Crippen LogP contribution in [-0.4, -0.2) is 15.0 Å². The van der Waals surface area contributed by atoms with Crippen LogP contribution < -0.4 is 0 Å². The Hall–Kier alpha value is -2.42. The molecule has 3 aromatic rings. The molecule has 0 bridgehead atoms. The molecule has 0 atom stereocenters. The van der Waals surface area contributed by atoms with Crippen molar-refractivity contribution in [1.29, 1.82) is 0 Å². The Bertz CT molecular complexity index is 682. The smallest absolute Gasteiger partial charge is 0.138 e. The van der Waals surface area contributed by atoms with Crippen molar-refractivity contribution in [3.63, 3.8) is 0 Å². The van der Waals surface area contributed by atoms with Crippen molar-refractivity contribution in [2.45, 2.75) is 13.8 Å². The molecule has 0 aliphatic heterocycles. The van der Waals surface area contributed by atoms with Crippen LogP contribution in [0.15, 0.2) is 48.8 Å². The van der Waals surface area contributed by atoms with E-state index in [0.717, 1.165) is 28.3 Å². The lowest BCUT2D eigenvalue weighted by Crippen LogP contribution is -1.82. The van der Waals surface area contributed by atoms with Crippen molar-refractivity contribution in [2.75, 3.05) is 0 Å². The third kappa shape index (κ3) is 2.27. The van der Waals surface area contributed by atoms with Crippen molar-refractivity contribution in [3.8, 4) is 22.6 Å². The van der Waals surface area contributed by atoms with E-state index in [0.29, 0.717) is 0 Å². The predicted molar refractivity (Wildman–Crippen MR) is 76.7 cm³/mol. The lowest BCUT2D eigenvalue weighted by molar-refractivity contribution is 1.25. The Morgan fingerprint density at radius 2 is 1.74 bits per heavy atom. The van der Waals surface area contributed by atoms with Gasteiger partial charge in [0, 0.05) is 29.2 Å². The standard InChI is InChI=1S/C16H15N3/c1-11-5-7-13(8-6-11)16-18-12(2)15(19-16)14-4-3-9-17-10-14/h3-10H,1-2H3,(H,18,19). The van der Waals surface area contributed by atoms with Crippen LogP contribution in [0.4, 0.5) is 0 Å². The zero-order chi connectivity index (χ0) is 13.2. The maximum atomic E-state index is 4.68. The molecule has 2 aromatic heterocycles. The fraction of sp³-hybridized carbons (Fsp3) is 0.125. The molecule has 0 aliphatic rings. The van der Waals surface area contributed by atoms with Crippen LogP contribution in [0.3, 0.4) is 0 Å². The second-order valence-electron chi connectivity index (χ2n) is 4.67. The number of H-pyrrole nitrogens is 1. The highest BCUT2D eigenvalue weighted by molar-refractivity contribution is 5.66. The number of benzene rings is 1. The van der Waals surface area contributed by atoms with Crippen LogP contribution in [0.1, 0.15) is 11.3 Å². The van der Waals surface area contributed by atoms with Gasteiger partial charge in [-0.15, -0.1) is 0 Å². The van der Waals surface area contributed by atoms with Gasteiger partial charge in [-0.25, -0.2) is 4.98 Å². The highest BCUT2D eigenvalue weighted by atomic mass is 14.9. The van der Waals surface area contributed by atoms with Gasteiger partial charge in [-0.1, -0.05) is 29.8 Å². The van der Waals surface area contributed by atoms with Crippen molar-refractivity contribution < 1.29 is 0 Å². The number of hydrogen-bond acceptors (Lipinski definition) is 2. The Morgan fingerprint density at radius 1 is 0.947 bits per heavy atom. The van der Waals surface area contributed by atoms with Crippen molar-refractivity contribution >= 4 is 0 Å². The van der Waals surface area contributed by atoms with E-state index in [1.165, 1.54) is 5.56 Å². The normalized spacial score (nSPS) is 10.6. The summed E-state index contributed by atoms with van der Waals surface area (Å²) in [5.74, 6) is 0.899. The molecule has 19 heavy (non-hydrogen) atoms. The van der Waals surface area contributed by atoms with Gasteiger partial charge in [0.2, 0.25) is 0 Å². The molecular weight excluding hydrogens is 234 g/mol. The number of aromatic amines is 1. The molecule has 1 aromatic carbocycles. The summed E-state index contributed by atoms with van der Waals surface area (Å²) >= 11 is 0. The zero-order valence-corrected chi connectivity index (χ0v) is 11.0. The van der Waals surface area contributed by atoms with Crippen molar-refractivity contribution in [2.24, 2.45) is 0 Å². The van der Waals surface area contributed by atoms with Gasteiger partial charge in [-0.05, 0) is 26.0 Å². The van der Waals surface area contributed by atoms with Gasteiger partial charge < -0.3 is 4.98 Å². The fourth-order valence-corrected chi connectivity index (χ4v) is 2.09. The minimum absolute atomic E-state index is 0.899. The molecule has 0 saturated heterocycles. The molecule has 3 rings (SSSR count). The number of rotatable bonds is 2. The van der Waals surface area contributed by atoms with Gasteiger partial charge in [-0.3, -0.25) is 4.98 Å². The SMILES string of the molecule is Cc1ccc(-c2nc(-c3cccnc3)c(C)[nH]2)cc1. The van der Waals surface area contributed by atoms with Crippen LogP contribution in [-0.2, 0) is 0 Å². The van der Waals surface area contributed by atoms with E-state index < -0.39 is 0 Å². The molecule has 0 radical (unpaired) electrons. The first-order valence-corrected chi connectivity index (χ1v) is 6.28. The molecule has 0 aliphatic carbocycles. The van der Waals surface area contributed by atoms with Crippen molar-refractivity contribution in [3.05, 3.63) is 60.0 Å². The first kappa shape index (κ1) is 11.7. The lowest BCUT2D eigenvalue weighted by Gasteiger charge is -1.97. The summed E-state index contributed by atoms with van der Waals surface area (Å²) in [5.41, 5.74) is 5.41. The lowest BCUT2D eigenvalue weighted by atomic mass is 10.1. The van der Waals surface area contributed by atoms with Gasteiger partial charge in [0.25, 0.3) is 0 Å². The number of nitrogens with one attached hydrogen (secondary N) is 1. The van der Waals surface area contributed by atoms with Crippen molar-refractivity contribution in [1.82, 2.24) is 15.0 Å². The Labute approximate surface area is 112 Å². The van der Waals surface area contributed by atoms with Gasteiger partial charge in [0.05, 0.1) is 5.69 Å². The fourth-order valence-electron chi connectivity index (χ4n) is 2.09. The summed E-state index contributed by atoms with van der Waals surface area (Å²) in [6.07, 6.45) is 3.61. The first-order valence-electron chi connectivity index (χ1n) is 6.28. The second kappa shape index (κ2) is 4.69. The summed E-state index contributed by atoms with van der Waals surface area (Å²) in [7, 11) is 0. The van der Waals surface area contributed by atoms with E-state index in [1.54, 1.807) is 6.20 Å². The van der Waals surface area contributed by atoms with Gasteiger partial charge in [-0.2, -0.15) is 0 Å². The molecular formula is C16H15N3. The third-order valence-electron chi connectivity index (χ3n) is 3.14. The van der Waals surface area contributed by atoms with Crippen LogP contribution in [0.5, 0.6) is 0 Å². The Balaban J connectivity index is 2.04. The third-order valence-corrected chi connectivity index (χ3v) is 3.14. The Morgan fingerprint density at radius 3 is 2.42 bits per heavy atom. The monoisotopic (exact) mass is 249 g/mol. The molecule has 0 spiro atoms. The topological polar surface area (TPSA) is 41.6 Å². The summed E-state index contributed by atoms with van der Waals surface area (Å²) in [5, 5.41) is 0. The maximum Gasteiger partial charge on any atom is 0.138 e. The number of imidazole rings is 1. The molecule has 3 heteroatoms. The first-order chi connectivity index (χ1) is 9.24. The summed E-state index contributed by atoms with van der Waals surface area (Å²) in [6, 6.07) is 12.3. The van der Waals surface area contributed by atoms with Crippen LogP contribution in [0, 0.1) is 13.8 Å². The molecule has 3 nitrogen and oxygen atoms in total. The molecule has 2 heterocycles. The molecule has 0 saturated carbocycles. The molecule has 1 N–H and O–H groups in total. The zero-order valence-electron chi connectivity index (χ0n) is 11.0. The number of nitrogens with zero attached hydrogens (tertiary/aromatic N) is 2. The highest BCUT2D eigenvalue weighted by Crippen LogP contribution is 2.25. The number of aryl methyl sites for hydroxylation is 2. The molecule has 0 unspecified atom stereocenters. The summed E-state index contributed by atoms with van der Waals surface area (Å²) in [6.45, 7) is 4.12. The maximum absolute atomic E-state index is 4.68. The minimum Gasteiger partial charge on any atom is -0.342 e. The number of aromatic nitrogens is 3. The average molecular weight is 249 g/mol. The van der Waals surface area contributed by atoms with Crippen LogP contribution in [0.2, 0.25) is 0 Å². The van der Waals surface area contributed by atoms with E-state index in [9.17, 15) is 0 Å². The van der Waals surface area contributed by atoms with E-state index in [1.807, 2.05) is 25.3 Å². The van der Waals surface area contributed by atoms with E-state index in [-0.39, 0.29) is 0 Å². The predicted octanol–water partition coefficient (Wildman–Crippen LogP) is 3.76.